The number of nitrogens with zero attached hydrogens (tertiary/aromatic N) is 6. The summed E-state index contributed by atoms with van der Waals surface area (Å²) in [6.45, 7) is 1.88. The molecule has 158 valence electrons. The van der Waals surface area contributed by atoms with E-state index in [1.807, 2.05) is 53.8 Å². The topological polar surface area (TPSA) is 99.2 Å². The van der Waals surface area contributed by atoms with E-state index in [2.05, 4.69) is 25.4 Å². The Morgan fingerprint density at radius 2 is 2.00 bits per heavy atom. The molecular weight excluding hydrogens is 406 g/mol. The fourth-order valence-corrected chi connectivity index (χ4v) is 3.49. The summed E-state index contributed by atoms with van der Waals surface area (Å²) >= 11 is 0. The van der Waals surface area contributed by atoms with Crippen molar-refractivity contribution in [3.63, 3.8) is 0 Å². The first-order valence-electron chi connectivity index (χ1n) is 9.89. The van der Waals surface area contributed by atoms with Crippen LogP contribution in [-0.4, -0.2) is 42.2 Å². The van der Waals surface area contributed by atoms with Crippen LogP contribution in [-0.2, 0) is 0 Å². The molecule has 4 aromatic heterocycles. The Labute approximate surface area is 183 Å². The highest BCUT2D eigenvalue weighted by molar-refractivity contribution is 6.07. The second-order valence-electron chi connectivity index (χ2n) is 7.07. The molecule has 1 aromatic carbocycles. The molecule has 0 saturated heterocycles. The number of carbonyl (C=O) groups excluding carboxylic acids is 1. The van der Waals surface area contributed by atoms with Gasteiger partial charge in [0.2, 0.25) is 0 Å². The SMILES string of the molecule is COc1cccc(-n2nccc2-c2nc(C(=O)Nc3ncccc3C)c3cnccn23)c1. The van der Waals surface area contributed by atoms with Crippen molar-refractivity contribution in [1.29, 1.82) is 0 Å². The van der Waals surface area contributed by atoms with Gasteiger partial charge in [-0.3, -0.25) is 14.2 Å². The Balaban J connectivity index is 1.61. The highest BCUT2D eigenvalue weighted by atomic mass is 16.5. The predicted molar refractivity (Wildman–Crippen MR) is 119 cm³/mol. The number of fused-ring (bicyclic) bond motifs is 1. The van der Waals surface area contributed by atoms with E-state index in [-0.39, 0.29) is 11.6 Å². The number of carbonyl (C=O) groups is 1. The van der Waals surface area contributed by atoms with Crippen molar-refractivity contribution in [3.8, 4) is 23.0 Å². The molecule has 9 heteroatoms. The number of imidazole rings is 1. The molecule has 0 radical (unpaired) electrons. The molecule has 1 N–H and O–H groups in total. The highest BCUT2D eigenvalue weighted by Gasteiger charge is 2.22. The van der Waals surface area contributed by atoms with Gasteiger partial charge in [-0.15, -0.1) is 0 Å². The van der Waals surface area contributed by atoms with E-state index in [9.17, 15) is 4.79 Å². The van der Waals surface area contributed by atoms with Crippen LogP contribution in [0.3, 0.4) is 0 Å². The number of ether oxygens (including phenoxy) is 1. The van der Waals surface area contributed by atoms with Gasteiger partial charge in [0.15, 0.2) is 11.5 Å². The number of anilines is 1. The van der Waals surface area contributed by atoms with Crippen molar-refractivity contribution < 1.29 is 9.53 Å². The van der Waals surface area contributed by atoms with E-state index < -0.39 is 0 Å². The molecule has 4 heterocycles. The summed E-state index contributed by atoms with van der Waals surface area (Å²) < 4.78 is 8.91. The average molecular weight is 425 g/mol. The molecule has 32 heavy (non-hydrogen) atoms. The Hall–Kier alpha value is -4.53. The predicted octanol–water partition coefficient (Wildman–Crippen LogP) is 3.55. The third-order valence-corrected chi connectivity index (χ3v) is 5.07. The first kappa shape index (κ1) is 19.4. The van der Waals surface area contributed by atoms with Crippen LogP contribution in [0.5, 0.6) is 5.75 Å². The van der Waals surface area contributed by atoms with Crippen LogP contribution < -0.4 is 10.1 Å². The first-order chi connectivity index (χ1) is 15.7. The zero-order valence-electron chi connectivity index (χ0n) is 17.4. The van der Waals surface area contributed by atoms with Gasteiger partial charge in [-0.25, -0.2) is 14.6 Å². The van der Waals surface area contributed by atoms with Crippen LogP contribution in [0.4, 0.5) is 5.82 Å². The van der Waals surface area contributed by atoms with Crippen molar-refractivity contribution in [2.45, 2.75) is 6.92 Å². The number of pyridine rings is 1. The number of rotatable bonds is 5. The van der Waals surface area contributed by atoms with Gasteiger partial charge in [-0.2, -0.15) is 5.10 Å². The van der Waals surface area contributed by atoms with Gasteiger partial charge >= 0.3 is 0 Å². The van der Waals surface area contributed by atoms with E-state index >= 15 is 0 Å². The third kappa shape index (κ3) is 3.35. The van der Waals surface area contributed by atoms with Crippen molar-refractivity contribution in [3.05, 3.63) is 84.7 Å². The largest absolute Gasteiger partial charge is 0.497 e. The van der Waals surface area contributed by atoms with Gasteiger partial charge in [-0.05, 0) is 36.8 Å². The summed E-state index contributed by atoms with van der Waals surface area (Å²) in [5, 5.41) is 7.31. The highest BCUT2D eigenvalue weighted by Crippen LogP contribution is 2.26. The maximum absolute atomic E-state index is 13.1. The number of methoxy groups -OCH3 is 1. The minimum Gasteiger partial charge on any atom is -0.497 e. The molecule has 0 unspecified atom stereocenters. The summed E-state index contributed by atoms with van der Waals surface area (Å²) in [6.07, 6.45) is 8.35. The molecule has 1 amide bonds. The number of aromatic nitrogens is 6. The van der Waals surface area contributed by atoms with Crippen molar-refractivity contribution in [1.82, 2.24) is 29.1 Å². The van der Waals surface area contributed by atoms with Gasteiger partial charge in [0.1, 0.15) is 17.3 Å². The Morgan fingerprint density at radius 1 is 1.09 bits per heavy atom. The minimum atomic E-state index is -0.365. The summed E-state index contributed by atoms with van der Waals surface area (Å²) in [7, 11) is 1.62. The maximum Gasteiger partial charge on any atom is 0.277 e. The summed E-state index contributed by atoms with van der Waals surface area (Å²) in [5.41, 5.74) is 3.21. The molecule has 0 spiro atoms. The quantitative estimate of drug-likeness (QED) is 0.462. The zero-order chi connectivity index (χ0) is 22.1. The van der Waals surface area contributed by atoms with E-state index in [0.717, 1.165) is 11.3 Å². The lowest BCUT2D eigenvalue weighted by Crippen LogP contribution is -2.14. The smallest absolute Gasteiger partial charge is 0.277 e. The van der Waals surface area contributed by atoms with Crippen LogP contribution in [0.25, 0.3) is 22.7 Å². The van der Waals surface area contributed by atoms with Gasteiger partial charge in [-0.1, -0.05) is 12.1 Å². The standard InChI is InChI=1S/C23H19N7O2/c1-15-5-4-9-25-21(15)28-23(31)20-19-14-24-11-12-29(19)22(27-20)18-8-10-26-30(18)16-6-3-7-17(13-16)32-2/h3-14H,1-2H3,(H,25,28,31). The average Bonchev–Trinajstić information content (AvgIpc) is 3.45. The fraction of sp³-hybridized carbons (Fsp3) is 0.0870. The number of hydrogen-bond acceptors (Lipinski definition) is 6. The molecule has 5 aromatic rings. The van der Waals surface area contributed by atoms with Gasteiger partial charge in [0.25, 0.3) is 5.91 Å². The molecule has 0 aliphatic rings. The number of nitrogens with one attached hydrogen (secondary N) is 1. The zero-order valence-corrected chi connectivity index (χ0v) is 17.4. The second kappa shape index (κ2) is 7.95. The van der Waals surface area contributed by atoms with Crippen molar-refractivity contribution >= 4 is 17.2 Å². The second-order valence-corrected chi connectivity index (χ2v) is 7.07. The normalized spacial score (nSPS) is 10.9. The first-order valence-corrected chi connectivity index (χ1v) is 9.89. The summed E-state index contributed by atoms with van der Waals surface area (Å²) in [6, 6.07) is 13.1. The fourth-order valence-electron chi connectivity index (χ4n) is 3.49. The molecule has 0 saturated carbocycles. The Morgan fingerprint density at radius 3 is 2.84 bits per heavy atom. The van der Waals surface area contributed by atoms with E-state index in [4.69, 9.17) is 4.74 Å². The van der Waals surface area contributed by atoms with Gasteiger partial charge < -0.3 is 10.1 Å². The Bertz CT molecular complexity index is 1440. The molecule has 5 rings (SSSR count). The third-order valence-electron chi connectivity index (χ3n) is 5.07. The lowest BCUT2D eigenvalue weighted by molar-refractivity contribution is 0.102. The lowest BCUT2D eigenvalue weighted by Gasteiger charge is -2.08. The summed E-state index contributed by atoms with van der Waals surface area (Å²) in [4.78, 5) is 26.2. The van der Waals surface area contributed by atoms with Crippen LogP contribution in [0, 0.1) is 6.92 Å². The Kier molecular flexibility index (Phi) is 4.83. The minimum absolute atomic E-state index is 0.247. The van der Waals surface area contributed by atoms with Crippen molar-refractivity contribution in [2.75, 3.05) is 12.4 Å². The molecule has 0 atom stereocenters. The van der Waals surface area contributed by atoms with Crippen LogP contribution in [0.1, 0.15) is 16.1 Å². The molecule has 0 bridgehead atoms. The monoisotopic (exact) mass is 425 g/mol. The molecule has 9 nitrogen and oxygen atoms in total. The molecular formula is C23H19N7O2. The van der Waals surface area contributed by atoms with Gasteiger partial charge in [0.05, 0.1) is 30.7 Å². The van der Waals surface area contributed by atoms with Crippen molar-refractivity contribution in [2.24, 2.45) is 0 Å². The number of hydrogen-bond donors (Lipinski definition) is 1. The van der Waals surface area contributed by atoms with Gasteiger partial charge in [0, 0.05) is 24.7 Å². The van der Waals surface area contributed by atoms with E-state index in [1.165, 1.54) is 0 Å². The van der Waals surface area contributed by atoms with E-state index in [0.29, 0.717) is 28.6 Å². The van der Waals surface area contributed by atoms with E-state index in [1.54, 1.807) is 42.8 Å². The van der Waals surface area contributed by atoms with Crippen LogP contribution in [0.2, 0.25) is 0 Å². The number of benzene rings is 1. The molecule has 0 aliphatic carbocycles. The molecule has 0 fully saturated rings. The van der Waals surface area contributed by atoms with Crippen LogP contribution >= 0.6 is 0 Å². The number of aryl methyl sites for hydroxylation is 1. The lowest BCUT2D eigenvalue weighted by atomic mass is 10.3. The maximum atomic E-state index is 13.1. The number of amides is 1. The molecule has 0 aliphatic heterocycles. The summed E-state index contributed by atoms with van der Waals surface area (Å²) in [5.74, 6) is 1.40. The van der Waals surface area contributed by atoms with Crippen LogP contribution in [0.15, 0.2) is 73.4 Å².